The molecule has 2 heteroatoms. The maximum Gasteiger partial charge on any atom is 0.120 e. The van der Waals surface area contributed by atoms with E-state index in [1.54, 1.807) is 0 Å². The fourth-order valence-electron chi connectivity index (χ4n) is 1.62. The molecule has 1 atom stereocenters. The van der Waals surface area contributed by atoms with Crippen molar-refractivity contribution < 1.29 is 4.79 Å². The molecule has 2 nitrogen and oxygen atoms in total. The molecule has 0 radical (unpaired) electrons. The second-order valence-electron chi connectivity index (χ2n) is 3.24. The lowest BCUT2D eigenvalue weighted by molar-refractivity contribution is -0.108. The van der Waals surface area contributed by atoms with Crippen molar-refractivity contribution >= 4 is 6.29 Å². The molecule has 1 aliphatic rings. The molecule has 1 saturated heterocycles. The van der Waals surface area contributed by atoms with Crippen LogP contribution in [0.1, 0.15) is 38.5 Å². The minimum Gasteiger partial charge on any atom is -0.314 e. The van der Waals surface area contributed by atoms with Crippen LogP contribution in [-0.4, -0.2) is 18.9 Å². The maximum atomic E-state index is 10.1. The highest BCUT2D eigenvalue weighted by Crippen LogP contribution is 2.11. The van der Waals surface area contributed by atoms with Gasteiger partial charge in [0.15, 0.2) is 0 Å². The van der Waals surface area contributed by atoms with E-state index >= 15 is 0 Å². The fraction of sp³-hybridized carbons (Fsp3) is 0.889. The summed E-state index contributed by atoms with van der Waals surface area (Å²) in [5, 5.41) is 3.46. The normalized spacial score (nSPS) is 26.0. The Morgan fingerprint density at radius 3 is 3.09 bits per heavy atom. The Morgan fingerprint density at radius 2 is 2.27 bits per heavy atom. The summed E-state index contributed by atoms with van der Waals surface area (Å²) in [7, 11) is 0. The van der Waals surface area contributed by atoms with Gasteiger partial charge in [0.05, 0.1) is 0 Å². The van der Waals surface area contributed by atoms with Gasteiger partial charge in [0.1, 0.15) is 6.29 Å². The topological polar surface area (TPSA) is 29.1 Å². The lowest BCUT2D eigenvalue weighted by Gasteiger charge is -2.13. The summed E-state index contributed by atoms with van der Waals surface area (Å²) < 4.78 is 0. The van der Waals surface area contributed by atoms with Gasteiger partial charge in [-0.1, -0.05) is 12.8 Å². The van der Waals surface area contributed by atoms with Crippen LogP contribution in [-0.2, 0) is 4.79 Å². The second kappa shape index (κ2) is 5.30. The summed E-state index contributed by atoms with van der Waals surface area (Å²) in [5.74, 6) is 0. The monoisotopic (exact) mass is 155 g/mol. The molecule has 0 saturated carbocycles. The molecule has 0 bridgehead atoms. The van der Waals surface area contributed by atoms with Crippen LogP contribution in [0.2, 0.25) is 0 Å². The van der Waals surface area contributed by atoms with Crippen LogP contribution in [0.15, 0.2) is 0 Å². The predicted octanol–water partition coefficient (Wildman–Crippen LogP) is 1.50. The van der Waals surface area contributed by atoms with Crippen molar-refractivity contribution in [3.8, 4) is 0 Å². The summed E-state index contributed by atoms with van der Waals surface area (Å²) in [6, 6.07) is 0.614. The largest absolute Gasteiger partial charge is 0.314 e. The first-order chi connectivity index (χ1) is 5.43. The van der Waals surface area contributed by atoms with Gasteiger partial charge in [-0.25, -0.2) is 0 Å². The van der Waals surface area contributed by atoms with Gasteiger partial charge in [0, 0.05) is 12.5 Å². The van der Waals surface area contributed by atoms with E-state index in [4.69, 9.17) is 0 Å². The third-order valence-corrected chi connectivity index (χ3v) is 2.30. The van der Waals surface area contributed by atoms with Crippen LogP contribution in [0.5, 0.6) is 0 Å². The molecule has 1 heterocycles. The van der Waals surface area contributed by atoms with E-state index in [1.807, 2.05) is 0 Å². The number of carbonyl (C=O) groups is 1. The first-order valence-electron chi connectivity index (χ1n) is 4.60. The number of aldehydes is 1. The van der Waals surface area contributed by atoms with Gasteiger partial charge >= 0.3 is 0 Å². The van der Waals surface area contributed by atoms with Gasteiger partial charge in [-0.05, 0) is 25.8 Å². The Hall–Kier alpha value is -0.370. The zero-order valence-electron chi connectivity index (χ0n) is 7.01. The lowest BCUT2D eigenvalue weighted by atomic mass is 10.1. The zero-order chi connectivity index (χ0) is 7.94. The molecular weight excluding hydrogens is 138 g/mol. The van der Waals surface area contributed by atoms with E-state index in [0.717, 1.165) is 25.7 Å². The summed E-state index contributed by atoms with van der Waals surface area (Å²) in [6.45, 7) is 1.14. The molecule has 64 valence electrons. The van der Waals surface area contributed by atoms with E-state index in [0.29, 0.717) is 6.04 Å². The first kappa shape index (κ1) is 8.72. The number of carbonyl (C=O) groups excluding carboxylic acids is 1. The molecule has 1 rings (SSSR count). The third kappa shape index (κ3) is 3.51. The van der Waals surface area contributed by atoms with Crippen molar-refractivity contribution in [2.45, 2.75) is 44.6 Å². The van der Waals surface area contributed by atoms with E-state index in [9.17, 15) is 4.79 Å². The quantitative estimate of drug-likeness (QED) is 0.626. The number of nitrogens with one attached hydrogen (secondary N) is 1. The van der Waals surface area contributed by atoms with Crippen molar-refractivity contribution in [3.05, 3.63) is 0 Å². The van der Waals surface area contributed by atoms with Gasteiger partial charge in [-0.3, -0.25) is 0 Å². The van der Waals surface area contributed by atoms with Crippen molar-refractivity contribution in [2.24, 2.45) is 0 Å². The van der Waals surface area contributed by atoms with Crippen LogP contribution < -0.4 is 5.32 Å². The maximum absolute atomic E-state index is 10.1. The van der Waals surface area contributed by atoms with Crippen LogP contribution in [0.4, 0.5) is 0 Å². The van der Waals surface area contributed by atoms with E-state index in [-0.39, 0.29) is 0 Å². The van der Waals surface area contributed by atoms with E-state index in [1.165, 1.54) is 25.7 Å². The number of hydrogen-bond acceptors (Lipinski definition) is 2. The van der Waals surface area contributed by atoms with Gasteiger partial charge < -0.3 is 10.1 Å². The predicted molar refractivity (Wildman–Crippen MR) is 45.6 cm³/mol. The Bertz CT molecular complexity index is 106. The average Bonchev–Trinajstić information content (AvgIpc) is 2.28. The highest BCUT2D eigenvalue weighted by Gasteiger charge is 2.09. The molecule has 0 aliphatic carbocycles. The Morgan fingerprint density at radius 1 is 1.36 bits per heavy atom. The van der Waals surface area contributed by atoms with Crippen LogP contribution in [0.3, 0.4) is 0 Å². The third-order valence-electron chi connectivity index (χ3n) is 2.30. The fourth-order valence-corrected chi connectivity index (χ4v) is 1.62. The van der Waals surface area contributed by atoms with Crippen LogP contribution in [0, 0.1) is 0 Å². The first-order valence-corrected chi connectivity index (χ1v) is 4.60. The minimum atomic E-state index is 0.614. The van der Waals surface area contributed by atoms with Crippen molar-refractivity contribution in [2.75, 3.05) is 6.54 Å². The highest BCUT2D eigenvalue weighted by molar-refractivity contribution is 5.49. The molecule has 0 amide bonds. The smallest absolute Gasteiger partial charge is 0.120 e. The summed E-state index contributed by atoms with van der Waals surface area (Å²) in [6.07, 6.45) is 8.01. The molecule has 0 spiro atoms. The van der Waals surface area contributed by atoms with Gasteiger partial charge in [-0.15, -0.1) is 0 Å². The van der Waals surface area contributed by atoms with Crippen LogP contribution in [0.25, 0.3) is 0 Å². The van der Waals surface area contributed by atoms with Crippen molar-refractivity contribution in [3.63, 3.8) is 0 Å². The Kier molecular flexibility index (Phi) is 4.21. The summed E-state index contributed by atoms with van der Waals surface area (Å²) in [5.41, 5.74) is 0. The molecule has 1 aliphatic heterocycles. The summed E-state index contributed by atoms with van der Waals surface area (Å²) in [4.78, 5) is 10.1. The SMILES string of the molecule is O=CCCC1CCCCCN1. The molecule has 1 N–H and O–H groups in total. The average molecular weight is 155 g/mol. The number of hydrogen-bond donors (Lipinski definition) is 1. The van der Waals surface area contributed by atoms with Crippen molar-refractivity contribution in [1.29, 1.82) is 0 Å². The van der Waals surface area contributed by atoms with Gasteiger partial charge in [-0.2, -0.15) is 0 Å². The van der Waals surface area contributed by atoms with Crippen molar-refractivity contribution in [1.82, 2.24) is 5.32 Å². The highest BCUT2D eigenvalue weighted by atomic mass is 16.1. The molecule has 0 aromatic carbocycles. The molecule has 1 unspecified atom stereocenters. The standard InChI is InChI=1S/C9H17NO/c11-8-4-6-9-5-2-1-3-7-10-9/h8-10H,1-7H2. The zero-order valence-corrected chi connectivity index (χ0v) is 7.01. The van der Waals surface area contributed by atoms with Crippen LogP contribution >= 0.6 is 0 Å². The second-order valence-corrected chi connectivity index (χ2v) is 3.24. The molecular formula is C9H17NO. The van der Waals surface area contributed by atoms with Gasteiger partial charge in [0.25, 0.3) is 0 Å². The Labute approximate surface area is 68.4 Å². The molecule has 0 aromatic rings. The lowest BCUT2D eigenvalue weighted by Crippen LogP contribution is -2.27. The molecule has 0 aromatic heterocycles. The van der Waals surface area contributed by atoms with E-state index in [2.05, 4.69) is 5.32 Å². The molecule has 1 fully saturated rings. The Balaban J connectivity index is 2.14. The minimum absolute atomic E-state index is 0.614. The van der Waals surface area contributed by atoms with E-state index < -0.39 is 0 Å². The summed E-state index contributed by atoms with van der Waals surface area (Å²) >= 11 is 0. The van der Waals surface area contributed by atoms with Gasteiger partial charge in [0.2, 0.25) is 0 Å². The number of rotatable bonds is 3. The molecule has 11 heavy (non-hydrogen) atoms.